The van der Waals surface area contributed by atoms with E-state index in [0.717, 1.165) is 6.26 Å². The molecule has 0 aliphatic heterocycles. The highest BCUT2D eigenvalue weighted by atomic mass is 32.2. The Morgan fingerprint density at radius 3 is 2.38 bits per heavy atom. The SMILES string of the molecule is Cc1nc(Oc2ccc(NS(C)(=O)=O)cc2)cc(-n2cccc2)n1. The number of benzene rings is 1. The molecule has 3 rings (SSSR count). The van der Waals surface area contributed by atoms with Crippen LogP contribution >= 0.6 is 0 Å². The van der Waals surface area contributed by atoms with E-state index >= 15 is 0 Å². The molecule has 0 unspecified atom stereocenters. The lowest BCUT2D eigenvalue weighted by molar-refractivity contribution is 0.459. The Morgan fingerprint density at radius 1 is 1.08 bits per heavy atom. The normalized spacial score (nSPS) is 11.2. The molecule has 0 amide bonds. The summed E-state index contributed by atoms with van der Waals surface area (Å²) in [5.41, 5.74) is 0.469. The number of nitrogens with one attached hydrogen (secondary N) is 1. The molecule has 0 atom stereocenters. The fourth-order valence-electron chi connectivity index (χ4n) is 2.12. The van der Waals surface area contributed by atoms with Gasteiger partial charge in [-0.05, 0) is 43.3 Å². The summed E-state index contributed by atoms with van der Waals surface area (Å²) in [6, 6.07) is 12.1. The smallest absolute Gasteiger partial charge is 0.229 e. The van der Waals surface area contributed by atoms with E-state index in [9.17, 15) is 8.42 Å². The average Bonchev–Trinajstić information content (AvgIpc) is 3.01. The average molecular weight is 344 g/mol. The second kappa shape index (κ2) is 6.32. The zero-order valence-corrected chi connectivity index (χ0v) is 14.0. The quantitative estimate of drug-likeness (QED) is 0.769. The van der Waals surface area contributed by atoms with Gasteiger partial charge in [0.15, 0.2) is 0 Å². The van der Waals surface area contributed by atoms with Crippen LogP contribution in [0, 0.1) is 6.92 Å². The lowest BCUT2D eigenvalue weighted by Crippen LogP contribution is -2.09. The van der Waals surface area contributed by atoms with E-state index in [-0.39, 0.29) is 0 Å². The molecule has 2 aromatic heterocycles. The van der Waals surface area contributed by atoms with E-state index in [2.05, 4.69) is 14.7 Å². The number of aryl methyl sites for hydroxylation is 1. The van der Waals surface area contributed by atoms with E-state index in [4.69, 9.17) is 4.74 Å². The van der Waals surface area contributed by atoms with Gasteiger partial charge in [0, 0.05) is 24.1 Å². The summed E-state index contributed by atoms with van der Waals surface area (Å²) >= 11 is 0. The molecule has 0 fully saturated rings. The fourth-order valence-corrected chi connectivity index (χ4v) is 2.69. The number of ether oxygens (including phenoxy) is 1. The van der Waals surface area contributed by atoms with Crippen molar-refractivity contribution in [2.45, 2.75) is 6.92 Å². The summed E-state index contributed by atoms with van der Waals surface area (Å²) in [5.74, 6) is 2.25. The molecule has 0 radical (unpaired) electrons. The van der Waals surface area contributed by atoms with Crippen molar-refractivity contribution >= 4 is 15.7 Å². The minimum Gasteiger partial charge on any atom is -0.439 e. The van der Waals surface area contributed by atoms with Crippen molar-refractivity contribution in [1.29, 1.82) is 0 Å². The number of rotatable bonds is 5. The van der Waals surface area contributed by atoms with Crippen molar-refractivity contribution in [2.75, 3.05) is 11.0 Å². The highest BCUT2D eigenvalue weighted by Gasteiger charge is 2.07. The Labute approximate surface area is 140 Å². The van der Waals surface area contributed by atoms with E-state index in [1.807, 2.05) is 29.1 Å². The van der Waals surface area contributed by atoms with Crippen LogP contribution in [0.2, 0.25) is 0 Å². The Morgan fingerprint density at radius 2 is 1.75 bits per heavy atom. The van der Waals surface area contributed by atoms with Crippen LogP contribution in [0.5, 0.6) is 11.6 Å². The third kappa shape index (κ3) is 4.11. The highest BCUT2D eigenvalue weighted by molar-refractivity contribution is 7.92. The summed E-state index contributed by atoms with van der Waals surface area (Å²) in [4.78, 5) is 8.63. The molecule has 0 aliphatic carbocycles. The summed E-state index contributed by atoms with van der Waals surface area (Å²) in [7, 11) is -3.30. The highest BCUT2D eigenvalue weighted by Crippen LogP contribution is 2.23. The first-order chi connectivity index (χ1) is 11.4. The van der Waals surface area contributed by atoms with Crippen LogP contribution in [0.3, 0.4) is 0 Å². The maximum absolute atomic E-state index is 11.2. The number of aromatic nitrogens is 3. The lowest BCUT2D eigenvalue weighted by atomic mass is 10.3. The first kappa shape index (κ1) is 16.0. The molecule has 7 nitrogen and oxygen atoms in total. The number of hydrogen-bond donors (Lipinski definition) is 1. The number of sulfonamides is 1. The Hall–Kier alpha value is -2.87. The van der Waals surface area contributed by atoms with Crippen LogP contribution < -0.4 is 9.46 Å². The van der Waals surface area contributed by atoms with Crippen molar-refractivity contribution in [3.05, 3.63) is 60.7 Å². The first-order valence-corrected chi connectivity index (χ1v) is 9.03. The van der Waals surface area contributed by atoms with Gasteiger partial charge in [-0.1, -0.05) is 0 Å². The predicted molar refractivity (Wildman–Crippen MR) is 91.1 cm³/mol. The van der Waals surface area contributed by atoms with Crippen LogP contribution in [0.4, 0.5) is 5.69 Å². The van der Waals surface area contributed by atoms with Gasteiger partial charge in [0.1, 0.15) is 17.4 Å². The van der Waals surface area contributed by atoms with Gasteiger partial charge in [-0.2, -0.15) is 4.98 Å². The Kier molecular flexibility index (Phi) is 4.22. The topological polar surface area (TPSA) is 86.1 Å². The Bertz CT molecular complexity index is 936. The molecule has 0 saturated heterocycles. The van der Waals surface area contributed by atoms with Gasteiger partial charge in [-0.15, -0.1) is 0 Å². The van der Waals surface area contributed by atoms with Crippen LogP contribution in [-0.4, -0.2) is 29.2 Å². The summed E-state index contributed by atoms with van der Waals surface area (Å²) in [6.07, 6.45) is 4.87. The van der Waals surface area contributed by atoms with Gasteiger partial charge in [0.05, 0.1) is 6.26 Å². The second-order valence-electron chi connectivity index (χ2n) is 5.20. The van der Waals surface area contributed by atoms with Crippen molar-refractivity contribution < 1.29 is 13.2 Å². The van der Waals surface area contributed by atoms with Crippen molar-refractivity contribution in [3.63, 3.8) is 0 Å². The molecule has 124 valence electrons. The number of hydrogen-bond acceptors (Lipinski definition) is 5. The van der Waals surface area contributed by atoms with E-state index in [0.29, 0.717) is 29.0 Å². The standard InChI is InChI=1S/C16H16N4O3S/c1-12-17-15(20-9-3-4-10-20)11-16(18-12)23-14-7-5-13(6-8-14)19-24(2,21)22/h3-11,19H,1-2H3. The van der Waals surface area contributed by atoms with Gasteiger partial charge in [0.25, 0.3) is 0 Å². The van der Waals surface area contributed by atoms with Gasteiger partial charge in [0.2, 0.25) is 15.9 Å². The molecule has 0 bridgehead atoms. The van der Waals surface area contributed by atoms with Crippen LogP contribution in [-0.2, 0) is 10.0 Å². The van der Waals surface area contributed by atoms with Gasteiger partial charge < -0.3 is 9.30 Å². The summed E-state index contributed by atoms with van der Waals surface area (Å²) < 4.78 is 32.4. The predicted octanol–water partition coefficient (Wildman–Crippen LogP) is 2.74. The molecule has 8 heteroatoms. The second-order valence-corrected chi connectivity index (χ2v) is 6.95. The number of anilines is 1. The van der Waals surface area contributed by atoms with E-state index in [1.165, 1.54) is 0 Å². The third-order valence-corrected chi connectivity index (χ3v) is 3.66. The van der Waals surface area contributed by atoms with Gasteiger partial charge >= 0.3 is 0 Å². The van der Waals surface area contributed by atoms with Crippen molar-refractivity contribution in [3.8, 4) is 17.4 Å². The maximum Gasteiger partial charge on any atom is 0.229 e. The fraction of sp³-hybridized carbons (Fsp3) is 0.125. The lowest BCUT2D eigenvalue weighted by Gasteiger charge is -2.09. The van der Waals surface area contributed by atoms with Crippen LogP contribution in [0.25, 0.3) is 5.82 Å². The molecule has 0 aliphatic rings. The minimum absolute atomic E-state index is 0.412. The molecule has 1 N–H and O–H groups in total. The monoisotopic (exact) mass is 344 g/mol. The summed E-state index contributed by atoms with van der Waals surface area (Å²) in [6.45, 7) is 1.79. The zero-order valence-electron chi connectivity index (χ0n) is 13.2. The Balaban J connectivity index is 1.81. The molecule has 0 saturated carbocycles. The summed E-state index contributed by atoms with van der Waals surface area (Å²) in [5, 5.41) is 0. The first-order valence-electron chi connectivity index (χ1n) is 7.14. The molecule has 2 heterocycles. The van der Waals surface area contributed by atoms with Crippen molar-refractivity contribution in [1.82, 2.24) is 14.5 Å². The molecular formula is C16H16N4O3S. The van der Waals surface area contributed by atoms with Gasteiger partial charge in [-0.25, -0.2) is 13.4 Å². The number of nitrogens with zero attached hydrogens (tertiary/aromatic N) is 3. The van der Waals surface area contributed by atoms with E-state index in [1.54, 1.807) is 37.3 Å². The largest absolute Gasteiger partial charge is 0.439 e. The minimum atomic E-state index is -3.30. The van der Waals surface area contributed by atoms with Crippen LogP contribution in [0.1, 0.15) is 5.82 Å². The molecule has 1 aromatic carbocycles. The molecule has 0 spiro atoms. The molecule has 24 heavy (non-hydrogen) atoms. The molecule has 3 aromatic rings. The zero-order chi connectivity index (χ0) is 17.2. The van der Waals surface area contributed by atoms with Crippen molar-refractivity contribution in [2.24, 2.45) is 0 Å². The van der Waals surface area contributed by atoms with Crippen LogP contribution in [0.15, 0.2) is 54.9 Å². The third-order valence-electron chi connectivity index (χ3n) is 3.05. The van der Waals surface area contributed by atoms with Gasteiger partial charge in [-0.3, -0.25) is 4.72 Å². The molecular weight excluding hydrogens is 328 g/mol. The maximum atomic E-state index is 11.2. The van der Waals surface area contributed by atoms with E-state index < -0.39 is 10.0 Å².